The van der Waals surface area contributed by atoms with Gasteiger partial charge in [0.05, 0.1) is 6.04 Å². The molecule has 13 heavy (non-hydrogen) atoms. The molecule has 2 rings (SSSR count). The Bertz CT molecular complexity index is 316. The normalized spacial score (nSPS) is 22.0. The lowest BCUT2D eigenvalue weighted by Crippen LogP contribution is -2.16. The van der Waals surface area contributed by atoms with E-state index in [1.165, 1.54) is 0 Å². The van der Waals surface area contributed by atoms with Gasteiger partial charge in [0, 0.05) is 0 Å². The fourth-order valence-electron chi connectivity index (χ4n) is 1.56. The number of carboxylic acid groups (broad SMARTS) is 1. The van der Waals surface area contributed by atoms with E-state index in [0.29, 0.717) is 5.69 Å². The van der Waals surface area contributed by atoms with Crippen molar-refractivity contribution < 1.29 is 9.90 Å². The van der Waals surface area contributed by atoms with Crippen LogP contribution in [0.4, 0.5) is 0 Å². The van der Waals surface area contributed by atoms with Crippen LogP contribution in [0.15, 0.2) is 0 Å². The van der Waals surface area contributed by atoms with E-state index < -0.39 is 5.97 Å². The molecule has 0 aliphatic carbocycles. The molecule has 0 radical (unpaired) electrons. The van der Waals surface area contributed by atoms with Crippen LogP contribution in [0, 0.1) is 0 Å². The van der Waals surface area contributed by atoms with Crippen molar-refractivity contribution in [2.24, 2.45) is 0 Å². The zero-order valence-electron chi connectivity index (χ0n) is 6.95. The molecule has 0 bridgehead atoms. The number of hydrogen-bond acceptors (Lipinski definition) is 4. The van der Waals surface area contributed by atoms with Crippen LogP contribution in [0.1, 0.15) is 35.1 Å². The first kappa shape index (κ1) is 8.18. The molecule has 1 aliphatic heterocycles. The molecule has 1 aliphatic rings. The van der Waals surface area contributed by atoms with Gasteiger partial charge in [0.1, 0.15) is 5.69 Å². The highest BCUT2D eigenvalue weighted by molar-refractivity contribution is 5.86. The maximum absolute atomic E-state index is 10.7. The monoisotopic (exact) mass is 182 g/mol. The Morgan fingerprint density at radius 2 is 2.38 bits per heavy atom. The molecule has 6 heteroatoms. The predicted molar refractivity (Wildman–Crippen MR) is 43.3 cm³/mol. The molecule has 1 fully saturated rings. The molecule has 1 unspecified atom stereocenters. The van der Waals surface area contributed by atoms with E-state index in [4.69, 9.17) is 5.11 Å². The van der Waals surface area contributed by atoms with E-state index in [9.17, 15) is 4.79 Å². The van der Waals surface area contributed by atoms with E-state index in [-0.39, 0.29) is 11.7 Å². The van der Waals surface area contributed by atoms with Crippen LogP contribution in [-0.4, -0.2) is 33.0 Å². The summed E-state index contributed by atoms with van der Waals surface area (Å²) in [7, 11) is 0. The van der Waals surface area contributed by atoms with Gasteiger partial charge in [0.25, 0.3) is 0 Å². The molecule has 1 atom stereocenters. The smallest absolute Gasteiger partial charge is 0.358 e. The number of nitrogens with zero attached hydrogens (tertiary/aromatic N) is 2. The van der Waals surface area contributed by atoms with Crippen molar-refractivity contribution in [1.29, 1.82) is 0 Å². The first-order valence-corrected chi connectivity index (χ1v) is 4.16. The van der Waals surface area contributed by atoms with E-state index in [1.807, 2.05) is 0 Å². The van der Waals surface area contributed by atoms with Crippen molar-refractivity contribution in [3.63, 3.8) is 0 Å². The fraction of sp³-hybridized carbons (Fsp3) is 0.571. The van der Waals surface area contributed by atoms with Gasteiger partial charge in [-0.25, -0.2) is 4.79 Å². The Kier molecular flexibility index (Phi) is 1.97. The first-order valence-electron chi connectivity index (χ1n) is 4.16. The lowest BCUT2D eigenvalue weighted by Gasteiger charge is -2.05. The van der Waals surface area contributed by atoms with Crippen LogP contribution < -0.4 is 5.32 Å². The minimum absolute atomic E-state index is 0.0272. The van der Waals surface area contributed by atoms with Crippen molar-refractivity contribution >= 4 is 5.97 Å². The minimum Gasteiger partial charge on any atom is -0.476 e. The molecule has 2 heterocycles. The molecular weight excluding hydrogens is 172 g/mol. The van der Waals surface area contributed by atoms with Gasteiger partial charge in [-0.3, -0.25) is 0 Å². The summed E-state index contributed by atoms with van der Waals surface area (Å²) in [5, 5.41) is 21.7. The van der Waals surface area contributed by atoms with Crippen LogP contribution in [-0.2, 0) is 0 Å². The zero-order valence-corrected chi connectivity index (χ0v) is 6.95. The van der Waals surface area contributed by atoms with Crippen LogP contribution in [0.5, 0.6) is 0 Å². The Morgan fingerprint density at radius 1 is 1.54 bits per heavy atom. The van der Waals surface area contributed by atoms with Gasteiger partial charge in [0.2, 0.25) is 0 Å². The molecule has 0 amide bonds. The highest BCUT2D eigenvalue weighted by Gasteiger charge is 2.25. The molecule has 1 aromatic heterocycles. The minimum atomic E-state index is -1.03. The summed E-state index contributed by atoms with van der Waals surface area (Å²) in [6.45, 7) is 0.913. The lowest BCUT2D eigenvalue weighted by molar-refractivity contribution is 0.0688. The van der Waals surface area contributed by atoms with E-state index in [1.54, 1.807) is 0 Å². The van der Waals surface area contributed by atoms with Crippen molar-refractivity contribution in [2.75, 3.05) is 6.54 Å². The number of carboxylic acids is 1. The highest BCUT2D eigenvalue weighted by atomic mass is 16.4. The van der Waals surface area contributed by atoms with Gasteiger partial charge in [-0.05, 0) is 19.4 Å². The summed E-state index contributed by atoms with van der Waals surface area (Å²) in [6.07, 6.45) is 1.98. The second kappa shape index (κ2) is 3.14. The van der Waals surface area contributed by atoms with Crippen molar-refractivity contribution in [1.82, 2.24) is 20.7 Å². The highest BCUT2D eigenvalue weighted by Crippen LogP contribution is 2.22. The average molecular weight is 182 g/mol. The van der Waals surface area contributed by atoms with Gasteiger partial charge in [0.15, 0.2) is 5.69 Å². The SMILES string of the molecule is O=C(O)c1n[nH]nc1C1CCCN1. The summed E-state index contributed by atoms with van der Waals surface area (Å²) < 4.78 is 0. The van der Waals surface area contributed by atoms with Crippen molar-refractivity contribution in [3.05, 3.63) is 11.4 Å². The quantitative estimate of drug-likeness (QED) is 0.595. The molecular formula is C7H10N4O2. The van der Waals surface area contributed by atoms with Gasteiger partial charge in [-0.2, -0.15) is 10.3 Å². The Labute approximate surface area is 74.3 Å². The summed E-state index contributed by atoms with van der Waals surface area (Å²) >= 11 is 0. The summed E-state index contributed by atoms with van der Waals surface area (Å²) in [5.74, 6) is -1.03. The average Bonchev–Trinajstić information content (AvgIpc) is 2.74. The Balaban J connectivity index is 2.28. The molecule has 1 saturated heterocycles. The van der Waals surface area contributed by atoms with Gasteiger partial charge < -0.3 is 10.4 Å². The van der Waals surface area contributed by atoms with E-state index in [0.717, 1.165) is 19.4 Å². The number of H-pyrrole nitrogens is 1. The van der Waals surface area contributed by atoms with Crippen LogP contribution in [0.3, 0.4) is 0 Å². The number of aromatic nitrogens is 3. The molecule has 70 valence electrons. The zero-order chi connectivity index (χ0) is 9.26. The number of nitrogens with one attached hydrogen (secondary N) is 2. The standard InChI is InChI=1S/C7H10N4O2/c12-7(13)6-5(9-11-10-6)4-2-1-3-8-4/h4,8H,1-3H2,(H,12,13)(H,9,10,11). The summed E-state index contributed by atoms with van der Waals surface area (Å²) in [4.78, 5) is 10.7. The van der Waals surface area contributed by atoms with E-state index >= 15 is 0 Å². The number of aromatic carboxylic acids is 1. The van der Waals surface area contributed by atoms with Crippen molar-refractivity contribution in [2.45, 2.75) is 18.9 Å². The fourth-order valence-corrected chi connectivity index (χ4v) is 1.56. The molecule has 1 aromatic rings. The van der Waals surface area contributed by atoms with Gasteiger partial charge >= 0.3 is 5.97 Å². The molecule has 0 spiro atoms. The second-order valence-corrected chi connectivity index (χ2v) is 3.01. The summed E-state index contributed by atoms with van der Waals surface area (Å²) in [5.41, 5.74) is 0.546. The van der Waals surface area contributed by atoms with Gasteiger partial charge in [-0.15, -0.1) is 5.10 Å². The number of aromatic amines is 1. The third kappa shape index (κ3) is 1.40. The largest absolute Gasteiger partial charge is 0.476 e. The number of carbonyl (C=O) groups is 1. The van der Waals surface area contributed by atoms with E-state index in [2.05, 4.69) is 20.7 Å². The van der Waals surface area contributed by atoms with Crippen LogP contribution in [0.2, 0.25) is 0 Å². The molecule has 6 nitrogen and oxygen atoms in total. The summed E-state index contributed by atoms with van der Waals surface area (Å²) in [6, 6.07) is 0.0462. The maximum Gasteiger partial charge on any atom is 0.358 e. The number of hydrogen-bond donors (Lipinski definition) is 3. The Hall–Kier alpha value is -1.43. The Morgan fingerprint density at radius 3 is 3.00 bits per heavy atom. The second-order valence-electron chi connectivity index (χ2n) is 3.01. The first-order chi connectivity index (χ1) is 6.29. The van der Waals surface area contributed by atoms with Crippen LogP contribution >= 0.6 is 0 Å². The number of rotatable bonds is 2. The molecule has 0 aromatic carbocycles. The molecule has 3 N–H and O–H groups in total. The third-order valence-corrected chi connectivity index (χ3v) is 2.17. The lowest BCUT2D eigenvalue weighted by atomic mass is 10.1. The van der Waals surface area contributed by atoms with Crippen LogP contribution in [0.25, 0.3) is 0 Å². The topological polar surface area (TPSA) is 90.9 Å². The third-order valence-electron chi connectivity index (χ3n) is 2.17. The predicted octanol–water partition coefficient (Wildman–Crippen LogP) is -0.0726. The maximum atomic E-state index is 10.7. The van der Waals surface area contributed by atoms with Gasteiger partial charge in [-0.1, -0.05) is 0 Å². The molecule has 0 saturated carbocycles. The van der Waals surface area contributed by atoms with Crippen molar-refractivity contribution in [3.8, 4) is 0 Å².